The Balaban J connectivity index is 2.38. The highest BCUT2D eigenvalue weighted by molar-refractivity contribution is 5.49. The second-order valence-electron chi connectivity index (χ2n) is 5.16. The molecule has 0 fully saturated rings. The number of aliphatic hydroxyl groups is 1. The fourth-order valence-electron chi connectivity index (χ4n) is 2.39. The van der Waals surface area contributed by atoms with E-state index in [-0.39, 0.29) is 12.0 Å². The molecule has 18 heavy (non-hydrogen) atoms. The van der Waals surface area contributed by atoms with Crippen molar-refractivity contribution in [2.45, 2.75) is 45.8 Å². The molecule has 100 valence electrons. The van der Waals surface area contributed by atoms with E-state index in [2.05, 4.69) is 13.8 Å². The third-order valence-corrected chi connectivity index (χ3v) is 3.75. The van der Waals surface area contributed by atoms with Gasteiger partial charge in [0.15, 0.2) is 0 Å². The average molecular weight is 250 g/mol. The third-order valence-electron chi connectivity index (χ3n) is 3.75. The van der Waals surface area contributed by atoms with Crippen molar-refractivity contribution in [1.82, 2.24) is 0 Å². The van der Waals surface area contributed by atoms with E-state index >= 15 is 0 Å². The van der Waals surface area contributed by atoms with E-state index in [0.29, 0.717) is 0 Å². The van der Waals surface area contributed by atoms with Crippen molar-refractivity contribution >= 4 is 0 Å². The predicted molar refractivity (Wildman–Crippen MR) is 71.2 cm³/mol. The third kappa shape index (κ3) is 2.32. The summed E-state index contributed by atoms with van der Waals surface area (Å²) in [6.07, 6.45) is 1.54. The number of fused-ring (bicyclic) bond motifs is 1. The molecule has 3 atom stereocenters. The predicted octanol–water partition coefficient (Wildman–Crippen LogP) is 3.10. The average Bonchev–Trinajstić information content (AvgIpc) is 2.74. The molecule has 0 amide bonds. The van der Waals surface area contributed by atoms with Crippen molar-refractivity contribution < 1.29 is 14.6 Å². The maximum Gasteiger partial charge on any atom is 0.125 e. The highest BCUT2D eigenvalue weighted by atomic mass is 16.5. The Bertz CT molecular complexity index is 428. The number of benzene rings is 1. The van der Waals surface area contributed by atoms with Crippen LogP contribution in [0.5, 0.6) is 11.5 Å². The zero-order valence-electron chi connectivity index (χ0n) is 11.6. The largest absolute Gasteiger partial charge is 0.496 e. The first-order valence-electron chi connectivity index (χ1n) is 6.62. The molecular weight excluding hydrogens is 228 g/mol. The van der Waals surface area contributed by atoms with E-state index in [1.54, 1.807) is 7.11 Å². The van der Waals surface area contributed by atoms with Gasteiger partial charge < -0.3 is 14.6 Å². The summed E-state index contributed by atoms with van der Waals surface area (Å²) in [6, 6.07) is 3.94. The molecule has 0 bridgehead atoms. The Morgan fingerprint density at radius 2 is 2.22 bits per heavy atom. The topological polar surface area (TPSA) is 38.7 Å². The molecule has 1 N–H and O–H groups in total. The van der Waals surface area contributed by atoms with Gasteiger partial charge in [-0.1, -0.05) is 20.3 Å². The van der Waals surface area contributed by atoms with Gasteiger partial charge in [-0.2, -0.15) is 0 Å². The van der Waals surface area contributed by atoms with Crippen LogP contribution in [0.1, 0.15) is 44.4 Å². The quantitative estimate of drug-likeness (QED) is 0.892. The normalized spacial score (nSPS) is 21.1. The lowest BCUT2D eigenvalue weighted by molar-refractivity contribution is 0.112. The lowest BCUT2D eigenvalue weighted by atomic mass is 9.93. The van der Waals surface area contributed by atoms with Crippen LogP contribution >= 0.6 is 0 Å². The molecule has 0 aromatic heterocycles. The molecule has 3 unspecified atom stereocenters. The summed E-state index contributed by atoms with van der Waals surface area (Å²) >= 11 is 0. The van der Waals surface area contributed by atoms with Crippen molar-refractivity contribution in [1.29, 1.82) is 0 Å². The minimum absolute atomic E-state index is 0.204. The molecule has 0 spiro atoms. The summed E-state index contributed by atoms with van der Waals surface area (Å²) < 4.78 is 11.1. The van der Waals surface area contributed by atoms with Gasteiger partial charge >= 0.3 is 0 Å². The summed E-state index contributed by atoms with van der Waals surface area (Å²) in [5.74, 6) is 1.86. The summed E-state index contributed by atoms with van der Waals surface area (Å²) in [7, 11) is 1.65. The zero-order chi connectivity index (χ0) is 13.3. The molecule has 0 saturated carbocycles. The van der Waals surface area contributed by atoms with Gasteiger partial charge in [0.2, 0.25) is 0 Å². The van der Waals surface area contributed by atoms with Crippen molar-refractivity contribution in [2.75, 3.05) is 7.11 Å². The molecule has 1 aliphatic heterocycles. The monoisotopic (exact) mass is 250 g/mol. The standard InChI is InChI=1S/C15H22O3/c1-5-9(2)15(16)12-8-13-11(6-10(3)18-13)7-14(12)17-4/h7-10,15-16H,5-6H2,1-4H3. The molecule has 1 aliphatic rings. The summed E-state index contributed by atoms with van der Waals surface area (Å²) in [4.78, 5) is 0. The molecule has 3 nitrogen and oxygen atoms in total. The van der Waals surface area contributed by atoms with Crippen molar-refractivity contribution in [3.05, 3.63) is 23.3 Å². The van der Waals surface area contributed by atoms with Gasteiger partial charge in [-0.15, -0.1) is 0 Å². The van der Waals surface area contributed by atoms with E-state index in [1.165, 1.54) is 5.56 Å². The lowest BCUT2D eigenvalue weighted by Gasteiger charge is -2.20. The second kappa shape index (κ2) is 5.19. The Kier molecular flexibility index (Phi) is 3.81. The van der Waals surface area contributed by atoms with Crippen molar-refractivity contribution in [2.24, 2.45) is 5.92 Å². The molecule has 0 radical (unpaired) electrons. The molecule has 0 aliphatic carbocycles. The summed E-state index contributed by atoms with van der Waals surface area (Å²) in [5, 5.41) is 10.4. The van der Waals surface area contributed by atoms with E-state index in [0.717, 1.165) is 29.9 Å². The molecule has 1 heterocycles. The number of hydrogen-bond donors (Lipinski definition) is 1. The van der Waals surface area contributed by atoms with Crippen LogP contribution in [0.25, 0.3) is 0 Å². The fourth-order valence-corrected chi connectivity index (χ4v) is 2.39. The molecule has 1 aromatic carbocycles. The number of rotatable bonds is 4. The van der Waals surface area contributed by atoms with Crippen LogP contribution in [0, 0.1) is 5.92 Å². The Hall–Kier alpha value is -1.22. The number of aliphatic hydroxyl groups excluding tert-OH is 1. The SMILES string of the molecule is CCC(C)C(O)c1cc2c(cc1OC)CC(C)O2. The van der Waals surface area contributed by atoms with Gasteiger partial charge in [0, 0.05) is 17.5 Å². The van der Waals surface area contributed by atoms with Gasteiger partial charge in [0.1, 0.15) is 17.6 Å². The summed E-state index contributed by atoms with van der Waals surface area (Å²) in [6.45, 7) is 6.17. The highest BCUT2D eigenvalue weighted by Crippen LogP contribution is 2.39. The molecule has 3 heteroatoms. The lowest BCUT2D eigenvalue weighted by Crippen LogP contribution is -2.10. The second-order valence-corrected chi connectivity index (χ2v) is 5.16. The van der Waals surface area contributed by atoms with Crippen LogP contribution in [-0.2, 0) is 6.42 Å². The number of ether oxygens (including phenoxy) is 2. The van der Waals surface area contributed by atoms with E-state index < -0.39 is 6.10 Å². The van der Waals surface area contributed by atoms with Gasteiger partial charge in [0.25, 0.3) is 0 Å². The Morgan fingerprint density at radius 1 is 1.50 bits per heavy atom. The van der Waals surface area contributed by atoms with Crippen LogP contribution in [0.3, 0.4) is 0 Å². The van der Waals surface area contributed by atoms with Crippen LogP contribution < -0.4 is 9.47 Å². The van der Waals surface area contributed by atoms with Crippen LogP contribution in [-0.4, -0.2) is 18.3 Å². The minimum Gasteiger partial charge on any atom is -0.496 e. The van der Waals surface area contributed by atoms with Gasteiger partial charge in [-0.25, -0.2) is 0 Å². The highest BCUT2D eigenvalue weighted by Gasteiger charge is 2.25. The van der Waals surface area contributed by atoms with E-state index in [9.17, 15) is 5.11 Å². The van der Waals surface area contributed by atoms with Gasteiger partial charge in [-0.3, -0.25) is 0 Å². The zero-order valence-corrected chi connectivity index (χ0v) is 11.6. The first kappa shape index (κ1) is 13.2. The van der Waals surface area contributed by atoms with E-state index in [1.807, 2.05) is 19.1 Å². The van der Waals surface area contributed by atoms with Crippen LogP contribution in [0.2, 0.25) is 0 Å². The Morgan fingerprint density at radius 3 is 2.83 bits per heavy atom. The van der Waals surface area contributed by atoms with Gasteiger partial charge in [0.05, 0.1) is 13.2 Å². The first-order valence-corrected chi connectivity index (χ1v) is 6.62. The molecular formula is C15H22O3. The van der Waals surface area contributed by atoms with Crippen LogP contribution in [0.4, 0.5) is 0 Å². The van der Waals surface area contributed by atoms with Crippen molar-refractivity contribution in [3.63, 3.8) is 0 Å². The fraction of sp³-hybridized carbons (Fsp3) is 0.600. The minimum atomic E-state index is -0.505. The van der Waals surface area contributed by atoms with Crippen LogP contribution in [0.15, 0.2) is 12.1 Å². The van der Waals surface area contributed by atoms with E-state index in [4.69, 9.17) is 9.47 Å². The summed E-state index contributed by atoms with van der Waals surface area (Å²) in [5.41, 5.74) is 2.00. The first-order chi connectivity index (χ1) is 8.56. The van der Waals surface area contributed by atoms with Gasteiger partial charge in [-0.05, 0) is 25.0 Å². The number of hydrogen-bond acceptors (Lipinski definition) is 3. The number of methoxy groups -OCH3 is 1. The maximum absolute atomic E-state index is 10.4. The van der Waals surface area contributed by atoms with Crippen molar-refractivity contribution in [3.8, 4) is 11.5 Å². The molecule has 2 rings (SSSR count). The molecule has 1 aromatic rings. The molecule has 0 saturated heterocycles. The maximum atomic E-state index is 10.4. The Labute approximate surface area is 109 Å². The smallest absolute Gasteiger partial charge is 0.125 e.